The van der Waals surface area contributed by atoms with E-state index in [1.807, 2.05) is 0 Å². The number of nitrogens with zero attached hydrogens (tertiary/aromatic N) is 5. The molecule has 0 amide bonds. The number of halogens is 3. The number of hydrogen-bond donors (Lipinski definition) is 4. The number of carbonyl (C=O) groups is 1. The van der Waals surface area contributed by atoms with E-state index in [9.17, 15) is 30.0 Å². The van der Waals surface area contributed by atoms with Gasteiger partial charge in [-0.1, -0.05) is 12.1 Å². The molecule has 6 N–H and O–H groups in total. The van der Waals surface area contributed by atoms with Gasteiger partial charge in [-0.15, -0.1) is 10.2 Å². The highest BCUT2D eigenvalue weighted by molar-refractivity contribution is 7.93. The molecule has 14 nitrogen and oxygen atoms in total. The largest absolute Gasteiger partial charge is 0.490 e. The van der Waals surface area contributed by atoms with Gasteiger partial charge >= 0.3 is 12.1 Å². The maximum atomic E-state index is 12.8. The van der Waals surface area contributed by atoms with Crippen molar-refractivity contribution in [2.24, 2.45) is 17.9 Å². The number of aryl methyl sites for hydroxylation is 1. The SMILES string of the molecule is Cn1cc2cc(-c3ccc(S(=O)(=O)CCN)c(S(N)(=O)=O)c3-c3nn[nH]n3)ccc2n1.O=C(O)C(F)(F)F. The molecule has 0 fully saturated rings. The number of primary sulfonamides is 1. The average Bonchev–Trinajstić information content (AvgIpc) is 3.45. The van der Waals surface area contributed by atoms with E-state index in [4.69, 9.17) is 20.8 Å². The lowest BCUT2D eigenvalue weighted by Crippen LogP contribution is -2.22. The van der Waals surface area contributed by atoms with Crippen molar-refractivity contribution < 1.29 is 39.9 Å². The fourth-order valence-electron chi connectivity index (χ4n) is 3.40. The number of carboxylic acids is 1. The van der Waals surface area contributed by atoms with Crippen molar-refractivity contribution in [3.63, 3.8) is 0 Å². The Kier molecular flexibility index (Phi) is 7.86. The van der Waals surface area contributed by atoms with Crippen molar-refractivity contribution >= 4 is 36.7 Å². The summed E-state index contributed by atoms with van der Waals surface area (Å²) >= 11 is 0. The number of tetrazole rings is 1. The highest BCUT2D eigenvalue weighted by Gasteiger charge is 2.38. The summed E-state index contributed by atoms with van der Waals surface area (Å²) < 4.78 is 84.1. The van der Waals surface area contributed by atoms with Crippen molar-refractivity contribution in [3.8, 4) is 22.5 Å². The molecule has 0 aliphatic heterocycles. The fourth-order valence-corrected chi connectivity index (χ4v) is 6.16. The van der Waals surface area contributed by atoms with Gasteiger partial charge in [0.1, 0.15) is 4.90 Å². The lowest BCUT2D eigenvalue weighted by Gasteiger charge is -2.16. The van der Waals surface area contributed by atoms with E-state index in [2.05, 4.69) is 25.7 Å². The van der Waals surface area contributed by atoms with E-state index in [1.165, 1.54) is 12.1 Å². The van der Waals surface area contributed by atoms with Crippen LogP contribution in [0.15, 0.2) is 46.3 Å². The maximum Gasteiger partial charge on any atom is 0.490 e. The number of carboxylic acid groups (broad SMARTS) is 1. The lowest BCUT2D eigenvalue weighted by molar-refractivity contribution is -0.192. The van der Waals surface area contributed by atoms with E-state index in [-0.39, 0.29) is 17.9 Å². The number of alkyl halides is 3. The van der Waals surface area contributed by atoms with Gasteiger partial charge in [-0.25, -0.2) is 26.8 Å². The molecule has 2 aromatic heterocycles. The molecule has 0 saturated heterocycles. The molecule has 0 atom stereocenters. The lowest BCUT2D eigenvalue weighted by atomic mass is 9.98. The molecule has 0 aliphatic rings. The van der Waals surface area contributed by atoms with Crippen molar-refractivity contribution in [2.75, 3.05) is 12.3 Å². The van der Waals surface area contributed by atoms with Crippen LogP contribution >= 0.6 is 0 Å². The smallest absolute Gasteiger partial charge is 0.475 e. The molecule has 204 valence electrons. The Hall–Kier alpha value is -3.94. The number of sulfonamides is 1. The first kappa shape index (κ1) is 28.6. The predicted octanol–water partition coefficient (Wildman–Crippen LogP) is 0.434. The molecule has 19 heteroatoms. The molecule has 0 bridgehead atoms. The minimum Gasteiger partial charge on any atom is -0.475 e. The second-order valence-corrected chi connectivity index (χ2v) is 11.2. The molecule has 4 rings (SSSR count). The Bertz CT molecular complexity index is 1700. The monoisotopic (exact) mass is 576 g/mol. The normalized spacial score (nSPS) is 12.3. The maximum absolute atomic E-state index is 12.8. The third-order valence-corrected chi connectivity index (χ3v) is 7.77. The standard InChI is InChI=1S/C17H18N8O4S2.C2HF3O2/c1-25-9-11-8-10(2-4-13(11)22-25)12-3-5-14(30(26,27)7-6-18)16(31(19,28)29)15(12)17-20-23-24-21-17;3-2(4,5)1(6)7/h2-5,8-9H,6-7,18H2,1H3,(H2,19,28,29)(H,20,21,23,24);(H,6,7). The Balaban J connectivity index is 0.000000505. The van der Waals surface area contributed by atoms with Crippen LogP contribution in [0.1, 0.15) is 0 Å². The molecule has 0 spiro atoms. The van der Waals surface area contributed by atoms with Crippen LogP contribution in [-0.4, -0.2) is 76.8 Å². The van der Waals surface area contributed by atoms with Gasteiger partial charge < -0.3 is 10.8 Å². The predicted molar refractivity (Wildman–Crippen MR) is 125 cm³/mol. The van der Waals surface area contributed by atoms with E-state index >= 15 is 0 Å². The summed E-state index contributed by atoms with van der Waals surface area (Å²) in [5, 5.41) is 31.2. The quantitative estimate of drug-likeness (QED) is 0.246. The zero-order chi connectivity index (χ0) is 28.5. The van der Waals surface area contributed by atoms with Crippen molar-refractivity contribution in [2.45, 2.75) is 16.0 Å². The summed E-state index contributed by atoms with van der Waals surface area (Å²) in [6.45, 7) is -0.191. The second-order valence-electron chi connectivity index (χ2n) is 7.58. The molecule has 0 saturated carbocycles. The number of rotatable bonds is 6. The Labute approximate surface area is 212 Å². The van der Waals surface area contributed by atoms with Gasteiger partial charge in [0.05, 0.1) is 21.7 Å². The van der Waals surface area contributed by atoms with Gasteiger partial charge in [-0.3, -0.25) is 4.68 Å². The molecule has 2 heterocycles. The molecule has 2 aromatic carbocycles. The van der Waals surface area contributed by atoms with Crippen LogP contribution in [-0.2, 0) is 31.7 Å². The number of nitrogens with one attached hydrogen (secondary N) is 1. The van der Waals surface area contributed by atoms with Gasteiger partial charge in [-0.2, -0.15) is 23.5 Å². The third-order valence-electron chi connectivity index (χ3n) is 4.87. The molecular formula is C19H19F3N8O6S2. The average molecular weight is 577 g/mol. The first-order chi connectivity index (χ1) is 17.6. The van der Waals surface area contributed by atoms with Gasteiger partial charge in [0, 0.05) is 25.2 Å². The van der Waals surface area contributed by atoms with Crippen LogP contribution in [0.4, 0.5) is 13.2 Å². The van der Waals surface area contributed by atoms with Gasteiger partial charge in [0.25, 0.3) is 0 Å². The zero-order valence-corrected chi connectivity index (χ0v) is 20.8. The molecular weight excluding hydrogens is 557 g/mol. The number of hydrogen-bond acceptors (Lipinski definition) is 10. The molecule has 0 radical (unpaired) electrons. The van der Waals surface area contributed by atoms with Crippen LogP contribution in [0.25, 0.3) is 33.4 Å². The van der Waals surface area contributed by atoms with E-state index < -0.39 is 47.5 Å². The first-order valence-corrected chi connectivity index (χ1v) is 13.4. The Morgan fingerprint density at radius 1 is 1.16 bits per heavy atom. The van der Waals surface area contributed by atoms with Crippen LogP contribution in [0.3, 0.4) is 0 Å². The highest BCUT2D eigenvalue weighted by Crippen LogP contribution is 2.39. The number of aromatic nitrogens is 6. The second kappa shape index (κ2) is 10.4. The van der Waals surface area contributed by atoms with Gasteiger partial charge in [0.15, 0.2) is 9.84 Å². The summed E-state index contributed by atoms with van der Waals surface area (Å²) in [5.74, 6) is -3.33. The molecule has 0 unspecified atom stereocenters. The number of fused-ring (bicyclic) bond motifs is 1. The first-order valence-electron chi connectivity index (χ1n) is 10.2. The molecule has 0 aliphatic carbocycles. The molecule has 38 heavy (non-hydrogen) atoms. The Morgan fingerprint density at radius 2 is 1.82 bits per heavy atom. The number of nitrogens with two attached hydrogens (primary N) is 2. The Morgan fingerprint density at radius 3 is 2.34 bits per heavy atom. The minimum absolute atomic E-state index is 0.0717. The number of aliphatic carboxylic acids is 1. The van der Waals surface area contributed by atoms with Crippen molar-refractivity contribution in [3.05, 3.63) is 36.5 Å². The zero-order valence-electron chi connectivity index (χ0n) is 19.2. The van der Waals surface area contributed by atoms with Gasteiger partial charge in [-0.05, 0) is 34.5 Å². The molecule has 4 aromatic rings. The van der Waals surface area contributed by atoms with Crippen LogP contribution in [0.2, 0.25) is 0 Å². The van der Waals surface area contributed by atoms with Crippen LogP contribution < -0.4 is 10.9 Å². The third kappa shape index (κ3) is 6.13. The highest BCUT2D eigenvalue weighted by atomic mass is 32.2. The topological polar surface area (TPSA) is 230 Å². The summed E-state index contributed by atoms with van der Waals surface area (Å²) in [4.78, 5) is 7.82. The van der Waals surface area contributed by atoms with E-state index in [1.54, 1.807) is 36.1 Å². The summed E-state index contributed by atoms with van der Waals surface area (Å²) in [7, 11) is -6.79. The summed E-state index contributed by atoms with van der Waals surface area (Å²) in [6, 6.07) is 7.98. The van der Waals surface area contributed by atoms with E-state index in [0.717, 1.165) is 10.9 Å². The minimum atomic E-state index is -5.08. The number of benzene rings is 2. The van der Waals surface area contributed by atoms with Gasteiger partial charge in [0.2, 0.25) is 15.8 Å². The number of sulfone groups is 1. The van der Waals surface area contributed by atoms with Crippen LogP contribution in [0, 0.1) is 0 Å². The van der Waals surface area contributed by atoms with E-state index in [0.29, 0.717) is 11.1 Å². The van der Waals surface area contributed by atoms with Crippen molar-refractivity contribution in [1.29, 1.82) is 0 Å². The number of aromatic amines is 1. The number of H-pyrrole nitrogens is 1. The van der Waals surface area contributed by atoms with Crippen molar-refractivity contribution in [1.82, 2.24) is 30.4 Å². The summed E-state index contributed by atoms with van der Waals surface area (Å²) in [5.41, 5.74) is 7.03. The van der Waals surface area contributed by atoms with Crippen LogP contribution in [0.5, 0.6) is 0 Å². The fraction of sp³-hybridized carbons (Fsp3) is 0.211. The summed E-state index contributed by atoms with van der Waals surface area (Å²) in [6.07, 6.45) is -3.28.